The first-order valence-corrected chi connectivity index (χ1v) is 8.30. The molecule has 0 saturated carbocycles. The van der Waals surface area contributed by atoms with E-state index in [1.54, 1.807) is 24.3 Å². The lowest BCUT2D eigenvalue weighted by molar-refractivity contribution is 0.0693. The lowest BCUT2D eigenvalue weighted by Gasteiger charge is -2.10. The summed E-state index contributed by atoms with van der Waals surface area (Å²) in [5.41, 5.74) is 0.614. The molecule has 8 heteroatoms. The third kappa shape index (κ3) is 2.91. The molecule has 124 valence electrons. The van der Waals surface area contributed by atoms with Crippen LogP contribution in [-0.4, -0.2) is 26.6 Å². The van der Waals surface area contributed by atoms with E-state index in [-0.39, 0.29) is 16.2 Å². The number of nitrogens with one attached hydrogen (secondary N) is 1. The van der Waals surface area contributed by atoms with Gasteiger partial charge in [-0.3, -0.25) is 4.72 Å². The van der Waals surface area contributed by atoms with Crippen LogP contribution in [0.4, 0.5) is 5.69 Å². The maximum atomic E-state index is 12.5. The van der Waals surface area contributed by atoms with Gasteiger partial charge in [-0.1, -0.05) is 0 Å². The molecule has 3 aromatic rings. The van der Waals surface area contributed by atoms with Gasteiger partial charge in [0.25, 0.3) is 10.0 Å². The molecule has 2 aromatic carbocycles. The Bertz CT molecular complexity index is 1020. The van der Waals surface area contributed by atoms with E-state index in [0.29, 0.717) is 11.3 Å². The number of carboxylic acids is 1. The smallest absolute Gasteiger partial charge is 0.339 e. The molecule has 0 bridgehead atoms. The Labute approximate surface area is 137 Å². The summed E-state index contributed by atoms with van der Waals surface area (Å²) in [6, 6.07) is 10.2. The van der Waals surface area contributed by atoms with Crippen LogP contribution < -0.4 is 9.46 Å². The van der Waals surface area contributed by atoms with Crippen molar-refractivity contribution >= 4 is 32.6 Å². The lowest BCUT2D eigenvalue weighted by Crippen LogP contribution is -2.14. The van der Waals surface area contributed by atoms with Crippen LogP contribution in [-0.2, 0) is 10.0 Å². The van der Waals surface area contributed by atoms with Crippen LogP contribution in [0.25, 0.3) is 11.0 Å². The van der Waals surface area contributed by atoms with Crippen molar-refractivity contribution in [3.05, 3.63) is 54.3 Å². The number of anilines is 1. The second kappa shape index (κ2) is 5.89. The molecule has 0 aliphatic rings. The summed E-state index contributed by atoms with van der Waals surface area (Å²) < 4.78 is 37.5. The number of carboxylic acid groups (broad SMARTS) is 1. The van der Waals surface area contributed by atoms with Crippen LogP contribution in [0.2, 0.25) is 0 Å². The fourth-order valence-electron chi connectivity index (χ4n) is 2.25. The van der Waals surface area contributed by atoms with E-state index in [2.05, 4.69) is 4.72 Å². The molecule has 0 atom stereocenters. The molecule has 24 heavy (non-hydrogen) atoms. The van der Waals surface area contributed by atoms with Gasteiger partial charge in [-0.2, -0.15) is 0 Å². The minimum absolute atomic E-state index is 0.0819. The standard InChI is InChI=1S/C16H13NO6S/c1-22-14-5-4-12(9-13(14)16(18)19)24(20,21)17-11-3-2-10-6-7-23-15(10)8-11/h2-9,17H,1H3,(H,18,19). The molecule has 0 spiro atoms. The molecular formula is C16H13NO6S. The van der Waals surface area contributed by atoms with Gasteiger partial charge in [0.15, 0.2) is 0 Å². The Morgan fingerprint density at radius 2 is 1.96 bits per heavy atom. The van der Waals surface area contributed by atoms with Crippen LogP contribution in [0, 0.1) is 0 Å². The molecule has 3 rings (SSSR count). The molecule has 0 radical (unpaired) electrons. The third-order valence-corrected chi connectivity index (χ3v) is 4.80. The highest BCUT2D eigenvalue weighted by molar-refractivity contribution is 7.92. The van der Waals surface area contributed by atoms with Gasteiger partial charge in [-0.25, -0.2) is 13.2 Å². The van der Waals surface area contributed by atoms with Crippen molar-refractivity contribution in [2.45, 2.75) is 4.90 Å². The summed E-state index contributed by atoms with van der Waals surface area (Å²) in [6.45, 7) is 0. The zero-order valence-electron chi connectivity index (χ0n) is 12.5. The lowest BCUT2D eigenvalue weighted by atomic mass is 10.2. The number of methoxy groups -OCH3 is 1. The number of ether oxygens (including phenoxy) is 1. The number of hydrogen-bond donors (Lipinski definition) is 2. The Balaban J connectivity index is 1.97. The number of aromatic carboxylic acids is 1. The first-order chi connectivity index (χ1) is 11.4. The van der Waals surface area contributed by atoms with Gasteiger partial charge in [0.1, 0.15) is 16.9 Å². The number of carbonyl (C=O) groups is 1. The second-order valence-corrected chi connectivity index (χ2v) is 6.63. The molecule has 0 unspecified atom stereocenters. The average molecular weight is 347 g/mol. The van der Waals surface area contributed by atoms with E-state index in [4.69, 9.17) is 14.3 Å². The van der Waals surface area contributed by atoms with Gasteiger partial charge < -0.3 is 14.3 Å². The van der Waals surface area contributed by atoms with E-state index in [0.717, 1.165) is 11.5 Å². The highest BCUT2D eigenvalue weighted by atomic mass is 32.2. The topological polar surface area (TPSA) is 106 Å². The molecular weight excluding hydrogens is 334 g/mol. The number of rotatable bonds is 5. The predicted octanol–water partition coefficient (Wildman–Crippen LogP) is 2.94. The van der Waals surface area contributed by atoms with E-state index < -0.39 is 16.0 Å². The van der Waals surface area contributed by atoms with Crippen molar-refractivity contribution in [2.75, 3.05) is 11.8 Å². The normalized spacial score (nSPS) is 11.4. The molecule has 2 N–H and O–H groups in total. The minimum atomic E-state index is -3.96. The number of hydrogen-bond acceptors (Lipinski definition) is 5. The fraction of sp³-hybridized carbons (Fsp3) is 0.0625. The monoisotopic (exact) mass is 347 g/mol. The summed E-state index contributed by atoms with van der Waals surface area (Å²) in [5, 5.41) is 10.0. The Kier molecular flexibility index (Phi) is 3.90. The molecule has 0 saturated heterocycles. The van der Waals surface area contributed by atoms with Crippen LogP contribution in [0.5, 0.6) is 5.75 Å². The van der Waals surface area contributed by atoms with Gasteiger partial charge in [0.2, 0.25) is 0 Å². The van der Waals surface area contributed by atoms with Gasteiger partial charge in [0, 0.05) is 11.5 Å². The van der Waals surface area contributed by atoms with E-state index in [1.165, 1.54) is 25.5 Å². The molecule has 0 amide bonds. The molecule has 1 aromatic heterocycles. The first-order valence-electron chi connectivity index (χ1n) is 6.82. The highest BCUT2D eigenvalue weighted by Crippen LogP contribution is 2.25. The fourth-order valence-corrected chi connectivity index (χ4v) is 3.33. The zero-order valence-corrected chi connectivity index (χ0v) is 13.3. The molecule has 0 aliphatic heterocycles. The predicted molar refractivity (Wildman–Crippen MR) is 87.0 cm³/mol. The summed E-state index contributed by atoms with van der Waals surface area (Å²) in [7, 11) is -2.64. The van der Waals surface area contributed by atoms with Crippen LogP contribution >= 0.6 is 0 Å². The van der Waals surface area contributed by atoms with Crippen molar-refractivity contribution < 1.29 is 27.5 Å². The molecule has 0 fully saturated rings. The van der Waals surface area contributed by atoms with Crippen LogP contribution in [0.3, 0.4) is 0 Å². The number of sulfonamides is 1. The molecule has 7 nitrogen and oxygen atoms in total. The number of fused-ring (bicyclic) bond motifs is 1. The average Bonchev–Trinajstić information content (AvgIpc) is 3.01. The zero-order chi connectivity index (χ0) is 17.3. The van der Waals surface area contributed by atoms with E-state index >= 15 is 0 Å². The quantitative estimate of drug-likeness (QED) is 0.735. The molecule has 0 aliphatic carbocycles. The van der Waals surface area contributed by atoms with E-state index in [9.17, 15) is 13.2 Å². The summed E-state index contributed by atoms with van der Waals surface area (Å²) in [6.07, 6.45) is 1.51. The highest BCUT2D eigenvalue weighted by Gasteiger charge is 2.20. The Hall–Kier alpha value is -3.00. The largest absolute Gasteiger partial charge is 0.496 e. The summed E-state index contributed by atoms with van der Waals surface area (Å²) in [5.74, 6) is -1.20. The van der Waals surface area contributed by atoms with Crippen molar-refractivity contribution in [1.82, 2.24) is 0 Å². The van der Waals surface area contributed by atoms with E-state index in [1.807, 2.05) is 0 Å². The second-order valence-electron chi connectivity index (χ2n) is 4.95. The van der Waals surface area contributed by atoms with Gasteiger partial charge in [-0.15, -0.1) is 0 Å². The number of benzene rings is 2. The SMILES string of the molecule is COc1ccc(S(=O)(=O)Nc2ccc3ccoc3c2)cc1C(=O)O. The van der Waals surface area contributed by atoms with Crippen molar-refractivity contribution in [3.8, 4) is 5.75 Å². The van der Waals surface area contributed by atoms with Crippen LogP contribution in [0.15, 0.2) is 58.0 Å². The summed E-state index contributed by atoms with van der Waals surface area (Å²) >= 11 is 0. The van der Waals surface area contributed by atoms with Crippen molar-refractivity contribution in [1.29, 1.82) is 0 Å². The van der Waals surface area contributed by atoms with Crippen molar-refractivity contribution in [3.63, 3.8) is 0 Å². The summed E-state index contributed by atoms with van der Waals surface area (Å²) in [4.78, 5) is 11.0. The van der Waals surface area contributed by atoms with Gasteiger partial charge in [0.05, 0.1) is 24.0 Å². The third-order valence-electron chi connectivity index (χ3n) is 3.42. The maximum absolute atomic E-state index is 12.5. The van der Waals surface area contributed by atoms with Gasteiger partial charge >= 0.3 is 5.97 Å². The van der Waals surface area contributed by atoms with Crippen molar-refractivity contribution in [2.24, 2.45) is 0 Å². The Morgan fingerprint density at radius 3 is 2.67 bits per heavy atom. The molecule has 1 heterocycles. The minimum Gasteiger partial charge on any atom is -0.496 e. The number of furan rings is 1. The van der Waals surface area contributed by atoms with Gasteiger partial charge in [-0.05, 0) is 36.4 Å². The maximum Gasteiger partial charge on any atom is 0.339 e. The first kappa shape index (κ1) is 15.9. The Morgan fingerprint density at radius 1 is 1.17 bits per heavy atom. The van der Waals surface area contributed by atoms with Crippen LogP contribution in [0.1, 0.15) is 10.4 Å².